The lowest BCUT2D eigenvalue weighted by atomic mass is 9.95. The summed E-state index contributed by atoms with van der Waals surface area (Å²) in [7, 11) is -4.64. The number of rotatable bonds is 8. The fourth-order valence-electron chi connectivity index (χ4n) is 1.78. The topological polar surface area (TPSA) is 69.7 Å². The van der Waals surface area contributed by atoms with Crippen molar-refractivity contribution in [2.24, 2.45) is 11.8 Å². The number of aryl methyl sites for hydroxylation is 1. The maximum Gasteiger partial charge on any atom is 0.306 e. The molecule has 1 aromatic carbocycles. The highest BCUT2D eigenvalue weighted by atomic mass is 32.2. The molecule has 1 aromatic rings. The van der Waals surface area contributed by atoms with Crippen LogP contribution >= 0.6 is 0 Å². The van der Waals surface area contributed by atoms with Gasteiger partial charge in [-0.05, 0) is 58.0 Å². The lowest BCUT2D eigenvalue weighted by Gasteiger charge is -2.23. The summed E-state index contributed by atoms with van der Waals surface area (Å²) in [6, 6.07) is 5.25. The number of hydrogen-bond acceptors (Lipinski definition) is 5. The second-order valence-corrected chi connectivity index (χ2v) is 8.01. The van der Waals surface area contributed by atoms with Crippen LogP contribution in [0.4, 0.5) is 0 Å². The van der Waals surface area contributed by atoms with Gasteiger partial charge in [-0.3, -0.25) is 8.98 Å². The molecule has 25 heavy (non-hydrogen) atoms. The third-order valence-corrected chi connectivity index (χ3v) is 4.06. The van der Waals surface area contributed by atoms with E-state index in [2.05, 4.69) is 0 Å². The minimum atomic E-state index is -4.64. The molecule has 0 N–H and O–H groups in total. The van der Waals surface area contributed by atoms with Gasteiger partial charge in [0.05, 0.1) is 17.9 Å². The van der Waals surface area contributed by atoms with Crippen molar-refractivity contribution in [3.8, 4) is 0 Å². The number of esters is 1. The predicted octanol–water partition coefficient (Wildman–Crippen LogP) is 4.09. The Balaban J connectivity index is 3.62. The van der Waals surface area contributed by atoms with E-state index in [0.717, 1.165) is 5.56 Å². The van der Waals surface area contributed by atoms with Crippen LogP contribution in [-0.4, -0.2) is 26.6 Å². The second-order valence-electron chi connectivity index (χ2n) is 6.40. The van der Waals surface area contributed by atoms with Crippen LogP contribution in [0, 0.1) is 18.7 Å². The van der Waals surface area contributed by atoms with Crippen molar-refractivity contribution in [1.29, 1.82) is 0 Å². The molecule has 142 valence electrons. The van der Waals surface area contributed by atoms with Crippen molar-refractivity contribution in [2.75, 3.05) is 6.61 Å². The van der Waals surface area contributed by atoms with Crippen molar-refractivity contribution in [3.63, 3.8) is 0 Å². The number of benzene rings is 1. The van der Waals surface area contributed by atoms with Crippen molar-refractivity contribution in [2.45, 2.75) is 64.7 Å². The highest BCUT2D eigenvalue weighted by Gasteiger charge is 2.24. The molecule has 0 heterocycles. The Morgan fingerprint density at radius 2 is 1.88 bits per heavy atom. The summed E-state index contributed by atoms with van der Waals surface area (Å²) in [6.07, 6.45) is -5.14. The van der Waals surface area contributed by atoms with Crippen molar-refractivity contribution >= 4 is 16.1 Å². The first-order chi connectivity index (χ1) is 15.3. The first-order valence-electron chi connectivity index (χ1n) is 12.5. The zero-order valence-electron chi connectivity index (χ0n) is 24.7. The minimum absolute atomic E-state index is 0.368. The van der Waals surface area contributed by atoms with Gasteiger partial charge in [0.2, 0.25) is 0 Å². The van der Waals surface area contributed by atoms with E-state index < -0.39 is 66.6 Å². The molecule has 0 amide bonds. The summed E-state index contributed by atoms with van der Waals surface area (Å²) in [5.41, 5.74) is -0.402. The molecule has 0 spiro atoms. The van der Waals surface area contributed by atoms with E-state index in [1.54, 1.807) is 6.92 Å². The fraction of sp³-hybridized carbons (Fsp3) is 0.632. The number of carbonyl (C=O) groups excluding carboxylic acids is 1. The molecule has 0 saturated heterocycles. The minimum Gasteiger partial charge on any atom is -0.460 e. The van der Waals surface area contributed by atoms with E-state index in [1.807, 2.05) is 0 Å². The molecule has 0 unspecified atom stereocenters. The molecule has 5 nitrogen and oxygen atoms in total. The largest absolute Gasteiger partial charge is 0.460 e. The highest BCUT2D eigenvalue weighted by Crippen LogP contribution is 2.21. The summed E-state index contributed by atoms with van der Waals surface area (Å²) in [6.45, 7) is -3.01. The molecule has 0 bridgehead atoms. The molecule has 0 radical (unpaired) electrons. The Morgan fingerprint density at radius 3 is 2.40 bits per heavy atom. The number of carbonyl (C=O) groups is 1. The SMILES string of the molecule is [2H]C([2H])([2H])C([2H])(C([2H])([2H])[2H])C([2H])([2H])[C@@]([2H])(COS(=O)(=O)c1ccc(C)cc1)CC(=O)OC(C)(C)C. The average molecular weight is 381 g/mol. The van der Waals surface area contributed by atoms with Crippen molar-refractivity contribution in [3.05, 3.63) is 29.8 Å². The van der Waals surface area contributed by atoms with E-state index in [-0.39, 0.29) is 4.90 Å². The van der Waals surface area contributed by atoms with Crippen LogP contribution < -0.4 is 0 Å². The van der Waals surface area contributed by atoms with Crippen LogP contribution in [0.1, 0.15) is 66.5 Å². The zero-order valence-corrected chi connectivity index (χ0v) is 15.5. The van der Waals surface area contributed by atoms with Gasteiger partial charge in [-0.2, -0.15) is 8.42 Å². The monoisotopic (exact) mass is 380 g/mol. The van der Waals surface area contributed by atoms with E-state index in [9.17, 15) is 13.2 Å². The molecule has 1 rings (SSSR count). The maximum atomic E-state index is 12.7. The van der Waals surface area contributed by atoms with Gasteiger partial charge in [0, 0.05) is 13.7 Å². The summed E-state index contributed by atoms with van der Waals surface area (Å²) in [4.78, 5) is 12.2. The van der Waals surface area contributed by atoms with Gasteiger partial charge in [-0.1, -0.05) is 31.4 Å². The van der Waals surface area contributed by atoms with Crippen LogP contribution in [0.5, 0.6) is 0 Å². The number of hydrogen-bond donors (Lipinski definition) is 0. The van der Waals surface area contributed by atoms with Crippen LogP contribution in [0.2, 0.25) is 0 Å². The van der Waals surface area contributed by atoms with Crippen LogP contribution in [0.3, 0.4) is 0 Å². The molecule has 0 aromatic heterocycles. The van der Waals surface area contributed by atoms with Gasteiger partial charge in [0.1, 0.15) is 5.60 Å². The third kappa shape index (κ3) is 8.50. The average Bonchev–Trinajstić information content (AvgIpc) is 2.62. The van der Waals surface area contributed by atoms with E-state index >= 15 is 0 Å². The molecule has 0 aliphatic rings. The first-order valence-corrected chi connectivity index (χ1v) is 8.90. The first kappa shape index (κ1) is 10.7. The molecule has 0 fully saturated rings. The Kier molecular flexibility index (Phi) is 3.76. The molecule has 0 aliphatic carbocycles. The second kappa shape index (κ2) is 8.81. The molecule has 0 aliphatic heterocycles. The Morgan fingerprint density at radius 1 is 1.28 bits per heavy atom. The van der Waals surface area contributed by atoms with Gasteiger partial charge < -0.3 is 4.74 Å². The lowest BCUT2D eigenvalue weighted by Crippen LogP contribution is -2.27. The Bertz CT molecular complexity index is 996. The lowest BCUT2D eigenvalue weighted by molar-refractivity contribution is -0.156. The van der Waals surface area contributed by atoms with E-state index in [4.69, 9.17) is 22.6 Å². The van der Waals surface area contributed by atoms with Gasteiger partial charge in [0.15, 0.2) is 0 Å². The standard InChI is InChI=1S/C19H30O5S/c1-14(2)11-16(12-18(20)24-19(4,5)6)13-23-25(21,22)17-9-7-15(3)8-10-17/h7-10,14,16H,11-13H2,1-6H3/t16-/m1/s1/i1D3,2D3,11D2,14D,16D. The fourth-order valence-corrected chi connectivity index (χ4v) is 2.68. The summed E-state index contributed by atoms with van der Waals surface area (Å²) in [5, 5.41) is 0. The Hall–Kier alpha value is -1.40. The predicted molar refractivity (Wildman–Crippen MR) is 97.7 cm³/mol. The molecule has 6 heteroatoms. The third-order valence-electron chi connectivity index (χ3n) is 2.78. The number of ether oxygens (including phenoxy) is 1. The van der Waals surface area contributed by atoms with Crippen molar-refractivity contribution < 1.29 is 35.8 Å². The van der Waals surface area contributed by atoms with Gasteiger partial charge in [0.25, 0.3) is 10.1 Å². The van der Waals surface area contributed by atoms with Gasteiger partial charge >= 0.3 is 5.97 Å². The quantitative estimate of drug-likeness (QED) is 0.502. The molecular formula is C19H30O5S. The van der Waals surface area contributed by atoms with E-state index in [1.165, 1.54) is 45.0 Å². The molecule has 1 atom stereocenters. The smallest absolute Gasteiger partial charge is 0.306 e. The molecule has 0 saturated carbocycles. The van der Waals surface area contributed by atoms with Crippen LogP contribution in [0.15, 0.2) is 29.2 Å². The summed E-state index contributed by atoms with van der Waals surface area (Å²) in [5.74, 6) is -8.36. The van der Waals surface area contributed by atoms with Gasteiger partial charge in [-0.25, -0.2) is 0 Å². The summed E-state index contributed by atoms with van der Waals surface area (Å²) < 4.78 is 115. The maximum absolute atomic E-state index is 12.7. The van der Waals surface area contributed by atoms with Gasteiger partial charge in [-0.15, -0.1) is 0 Å². The Labute approximate surface area is 165 Å². The highest BCUT2D eigenvalue weighted by molar-refractivity contribution is 7.86. The zero-order chi connectivity index (χ0) is 27.9. The van der Waals surface area contributed by atoms with Crippen LogP contribution in [-0.2, 0) is 23.8 Å². The normalized spacial score (nSPS) is 22.9. The van der Waals surface area contributed by atoms with Crippen LogP contribution in [0.25, 0.3) is 0 Å². The molecular weight excluding hydrogens is 340 g/mol. The summed E-state index contributed by atoms with van der Waals surface area (Å²) >= 11 is 0. The van der Waals surface area contributed by atoms with E-state index in [0.29, 0.717) is 0 Å². The van der Waals surface area contributed by atoms with Crippen molar-refractivity contribution in [1.82, 2.24) is 0 Å².